The van der Waals surface area contributed by atoms with Gasteiger partial charge in [0.05, 0.1) is 0 Å². The number of nitrogens with zero attached hydrogens (tertiary/aromatic N) is 5. The molecule has 28 heavy (non-hydrogen) atoms. The lowest BCUT2D eigenvalue weighted by Crippen LogP contribution is -2.57. The van der Waals surface area contributed by atoms with Crippen molar-refractivity contribution in [2.75, 3.05) is 66.0 Å². The van der Waals surface area contributed by atoms with Gasteiger partial charge >= 0.3 is 0 Å². The lowest BCUT2D eigenvalue weighted by atomic mass is 10.1. The Labute approximate surface area is 171 Å². The second-order valence-corrected chi connectivity index (χ2v) is 9.29. The minimum Gasteiger partial charge on any atom is -0.335 e. The van der Waals surface area contributed by atoms with E-state index in [9.17, 15) is 13.2 Å². The topological polar surface area (TPSA) is 105 Å². The SMILES string of the molecule is CN1CCN(S(=O)(=O)N2CCN(C(=O)c3n[nH]c4c3CNCC4)CC2)CC1.Cl. The minimum atomic E-state index is -3.46. The highest BCUT2D eigenvalue weighted by molar-refractivity contribution is 7.86. The molecule has 158 valence electrons. The van der Waals surface area contributed by atoms with Gasteiger partial charge in [0.2, 0.25) is 0 Å². The number of amides is 1. The van der Waals surface area contributed by atoms with E-state index in [1.807, 2.05) is 7.05 Å². The maximum atomic E-state index is 12.9. The molecule has 0 aromatic carbocycles. The molecule has 4 rings (SSSR count). The summed E-state index contributed by atoms with van der Waals surface area (Å²) in [7, 11) is -1.46. The molecule has 0 bridgehead atoms. The number of aromatic nitrogens is 2. The standard InChI is InChI=1S/C16H27N7O3S.ClH/c1-20-4-8-22(9-5-20)27(25,26)23-10-6-21(7-11-23)16(24)15-13-12-17-3-2-14(13)18-19-15;/h17H,2-12H2,1H3,(H,18,19);1H. The number of carbonyl (C=O) groups excluding carboxylic acids is 1. The highest BCUT2D eigenvalue weighted by atomic mass is 35.5. The number of nitrogens with one attached hydrogen (secondary N) is 2. The molecule has 2 N–H and O–H groups in total. The summed E-state index contributed by atoms with van der Waals surface area (Å²) in [5.41, 5.74) is 2.43. The fourth-order valence-corrected chi connectivity index (χ4v) is 5.43. The molecule has 4 heterocycles. The third kappa shape index (κ3) is 4.05. The van der Waals surface area contributed by atoms with Crippen LogP contribution in [0.15, 0.2) is 0 Å². The fourth-order valence-electron chi connectivity index (χ4n) is 3.86. The van der Waals surface area contributed by atoms with Crippen molar-refractivity contribution in [3.05, 3.63) is 17.0 Å². The molecule has 0 spiro atoms. The predicted octanol–water partition coefficient (Wildman–Crippen LogP) is -1.27. The van der Waals surface area contributed by atoms with Gasteiger partial charge in [-0.05, 0) is 7.05 Å². The Morgan fingerprint density at radius 2 is 1.61 bits per heavy atom. The van der Waals surface area contributed by atoms with Crippen LogP contribution in [0.3, 0.4) is 0 Å². The molecule has 3 aliphatic heterocycles. The van der Waals surface area contributed by atoms with E-state index in [2.05, 4.69) is 20.4 Å². The number of aromatic amines is 1. The lowest BCUT2D eigenvalue weighted by molar-refractivity contribution is 0.0685. The van der Waals surface area contributed by atoms with Gasteiger partial charge < -0.3 is 15.1 Å². The van der Waals surface area contributed by atoms with Crippen LogP contribution in [-0.4, -0.2) is 109 Å². The van der Waals surface area contributed by atoms with Gasteiger partial charge in [0.15, 0.2) is 5.69 Å². The number of hydrogen-bond donors (Lipinski definition) is 2. The third-order valence-corrected chi connectivity index (χ3v) is 7.69. The quantitative estimate of drug-likeness (QED) is 0.615. The van der Waals surface area contributed by atoms with Crippen LogP contribution in [0, 0.1) is 0 Å². The molecule has 0 aliphatic carbocycles. The monoisotopic (exact) mass is 433 g/mol. The highest BCUT2D eigenvalue weighted by Gasteiger charge is 2.35. The fraction of sp³-hybridized carbons (Fsp3) is 0.750. The number of likely N-dealkylation sites (N-methyl/N-ethyl adjacent to an activating group) is 1. The number of halogens is 1. The first-order valence-electron chi connectivity index (χ1n) is 9.46. The molecule has 0 unspecified atom stereocenters. The molecule has 1 amide bonds. The van der Waals surface area contributed by atoms with Crippen molar-refractivity contribution in [1.29, 1.82) is 0 Å². The summed E-state index contributed by atoms with van der Waals surface area (Å²) in [6.07, 6.45) is 0.840. The first-order valence-corrected chi connectivity index (χ1v) is 10.9. The molecule has 0 saturated carbocycles. The second kappa shape index (κ2) is 8.64. The molecule has 10 nitrogen and oxygen atoms in total. The van der Waals surface area contributed by atoms with Crippen molar-refractivity contribution in [3.8, 4) is 0 Å². The van der Waals surface area contributed by atoms with E-state index in [0.29, 0.717) is 51.5 Å². The van der Waals surface area contributed by atoms with Crippen molar-refractivity contribution in [2.45, 2.75) is 13.0 Å². The van der Waals surface area contributed by atoms with Gasteiger partial charge in [-0.15, -0.1) is 12.4 Å². The summed E-state index contributed by atoms with van der Waals surface area (Å²) in [5, 5.41) is 10.5. The van der Waals surface area contributed by atoms with E-state index < -0.39 is 10.2 Å². The average molecular weight is 434 g/mol. The summed E-state index contributed by atoms with van der Waals surface area (Å²) >= 11 is 0. The number of hydrogen-bond acceptors (Lipinski definition) is 6. The second-order valence-electron chi connectivity index (χ2n) is 7.36. The lowest BCUT2D eigenvalue weighted by Gasteiger charge is -2.39. The first kappa shape index (κ1) is 21.5. The van der Waals surface area contributed by atoms with E-state index in [0.717, 1.165) is 37.3 Å². The predicted molar refractivity (Wildman–Crippen MR) is 107 cm³/mol. The zero-order chi connectivity index (χ0) is 19.0. The molecule has 2 saturated heterocycles. The smallest absolute Gasteiger partial charge is 0.282 e. The van der Waals surface area contributed by atoms with Crippen molar-refractivity contribution >= 4 is 28.5 Å². The Morgan fingerprint density at radius 3 is 2.25 bits per heavy atom. The van der Waals surface area contributed by atoms with Gasteiger partial charge in [-0.1, -0.05) is 0 Å². The molecule has 0 radical (unpaired) electrons. The summed E-state index contributed by atoms with van der Waals surface area (Å²) < 4.78 is 28.8. The molecule has 1 aromatic rings. The Kier molecular flexibility index (Phi) is 6.62. The maximum absolute atomic E-state index is 12.9. The Morgan fingerprint density at radius 1 is 1.00 bits per heavy atom. The van der Waals surface area contributed by atoms with Crippen LogP contribution in [0.2, 0.25) is 0 Å². The molecular weight excluding hydrogens is 406 g/mol. The van der Waals surface area contributed by atoms with Crippen LogP contribution in [-0.2, 0) is 23.2 Å². The number of fused-ring (bicyclic) bond motifs is 1. The van der Waals surface area contributed by atoms with Crippen LogP contribution in [0.25, 0.3) is 0 Å². The number of rotatable bonds is 3. The van der Waals surface area contributed by atoms with Crippen LogP contribution < -0.4 is 5.32 Å². The van der Waals surface area contributed by atoms with E-state index >= 15 is 0 Å². The zero-order valence-electron chi connectivity index (χ0n) is 16.1. The Hall–Kier alpha value is -1.24. The van der Waals surface area contributed by atoms with E-state index in [1.165, 1.54) is 4.31 Å². The molecule has 1 aromatic heterocycles. The van der Waals surface area contributed by atoms with Crippen molar-refractivity contribution in [3.63, 3.8) is 0 Å². The van der Waals surface area contributed by atoms with Crippen molar-refractivity contribution in [1.82, 2.24) is 33.9 Å². The molecule has 0 atom stereocenters. The van der Waals surface area contributed by atoms with E-state index in [1.54, 1.807) is 9.21 Å². The van der Waals surface area contributed by atoms with E-state index in [4.69, 9.17) is 0 Å². The van der Waals surface area contributed by atoms with Gasteiger partial charge in [0, 0.05) is 83.1 Å². The summed E-state index contributed by atoms with van der Waals surface area (Å²) in [4.78, 5) is 16.7. The summed E-state index contributed by atoms with van der Waals surface area (Å²) in [6, 6.07) is 0. The van der Waals surface area contributed by atoms with Crippen LogP contribution in [0.1, 0.15) is 21.7 Å². The third-order valence-electron chi connectivity index (χ3n) is 5.65. The van der Waals surface area contributed by atoms with Gasteiger partial charge in [-0.25, -0.2) is 0 Å². The van der Waals surface area contributed by atoms with Gasteiger partial charge in [-0.3, -0.25) is 9.89 Å². The minimum absolute atomic E-state index is 0. The molecule has 3 aliphatic rings. The van der Waals surface area contributed by atoms with Crippen molar-refractivity contribution < 1.29 is 13.2 Å². The average Bonchev–Trinajstić information content (AvgIpc) is 3.12. The van der Waals surface area contributed by atoms with E-state index in [-0.39, 0.29) is 18.3 Å². The summed E-state index contributed by atoms with van der Waals surface area (Å²) in [5.74, 6) is -0.118. The Bertz CT molecular complexity index is 799. The Balaban J connectivity index is 0.00000225. The summed E-state index contributed by atoms with van der Waals surface area (Å²) in [6.45, 7) is 5.48. The van der Waals surface area contributed by atoms with Gasteiger partial charge in [0.1, 0.15) is 0 Å². The number of carbonyl (C=O) groups is 1. The molecule has 12 heteroatoms. The van der Waals surface area contributed by atoms with Crippen LogP contribution in [0.5, 0.6) is 0 Å². The largest absolute Gasteiger partial charge is 0.335 e. The van der Waals surface area contributed by atoms with Gasteiger partial charge in [-0.2, -0.15) is 22.1 Å². The first-order chi connectivity index (χ1) is 13.0. The van der Waals surface area contributed by atoms with Gasteiger partial charge in [0.25, 0.3) is 16.1 Å². The maximum Gasteiger partial charge on any atom is 0.282 e. The molecular formula is C16H28ClN7O3S. The number of H-pyrrole nitrogens is 1. The zero-order valence-corrected chi connectivity index (χ0v) is 17.7. The van der Waals surface area contributed by atoms with Crippen LogP contribution >= 0.6 is 12.4 Å². The number of piperazine rings is 2. The normalized spacial score (nSPS) is 22.5. The highest BCUT2D eigenvalue weighted by Crippen LogP contribution is 2.19. The van der Waals surface area contributed by atoms with Crippen molar-refractivity contribution in [2.24, 2.45) is 0 Å². The van der Waals surface area contributed by atoms with Crippen LogP contribution in [0.4, 0.5) is 0 Å². The molecule has 2 fully saturated rings.